The monoisotopic (exact) mass is 324 g/mol. The van der Waals surface area contributed by atoms with Crippen LogP contribution in [-0.2, 0) is 17.8 Å². The number of hydrogen-bond donors (Lipinski definition) is 2. The van der Waals surface area contributed by atoms with E-state index >= 15 is 0 Å². The molecule has 0 bridgehead atoms. The molecule has 0 spiro atoms. The van der Waals surface area contributed by atoms with Crippen LogP contribution in [0.3, 0.4) is 0 Å². The summed E-state index contributed by atoms with van der Waals surface area (Å²) < 4.78 is 5.43. The molecule has 0 radical (unpaired) electrons. The summed E-state index contributed by atoms with van der Waals surface area (Å²) in [5.41, 5.74) is 4.67. The maximum atomic E-state index is 12.7. The molecule has 0 fully saturated rings. The summed E-state index contributed by atoms with van der Waals surface area (Å²) in [6, 6.07) is 14.0. The van der Waals surface area contributed by atoms with E-state index in [2.05, 4.69) is 28.8 Å². The molecule has 0 aliphatic carbocycles. The lowest BCUT2D eigenvalue weighted by Crippen LogP contribution is -2.48. The summed E-state index contributed by atoms with van der Waals surface area (Å²) in [4.78, 5) is 12.7. The van der Waals surface area contributed by atoms with Gasteiger partial charge in [-0.05, 0) is 37.5 Å². The van der Waals surface area contributed by atoms with E-state index in [9.17, 15) is 4.79 Å². The summed E-state index contributed by atoms with van der Waals surface area (Å²) in [5.74, 6) is 0.830. The van der Waals surface area contributed by atoms with Crippen LogP contribution in [0.15, 0.2) is 42.5 Å². The Morgan fingerprint density at radius 3 is 2.75 bits per heavy atom. The summed E-state index contributed by atoms with van der Waals surface area (Å²) in [7, 11) is 1.66. The molecular formula is C20H24N2O2. The molecule has 4 heteroatoms. The van der Waals surface area contributed by atoms with Gasteiger partial charge in [-0.2, -0.15) is 0 Å². The van der Waals surface area contributed by atoms with Crippen molar-refractivity contribution in [2.45, 2.75) is 38.9 Å². The molecule has 1 heterocycles. The zero-order valence-corrected chi connectivity index (χ0v) is 14.4. The average molecular weight is 324 g/mol. The topological polar surface area (TPSA) is 50.4 Å². The third-order valence-electron chi connectivity index (χ3n) is 4.61. The van der Waals surface area contributed by atoms with Crippen molar-refractivity contribution in [3.63, 3.8) is 0 Å². The fraction of sp³-hybridized carbons (Fsp3) is 0.350. The first-order valence-corrected chi connectivity index (χ1v) is 8.33. The van der Waals surface area contributed by atoms with E-state index in [1.807, 2.05) is 38.1 Å². The number of amides is 1. The van der Waals surface area contributed by atoms with Crippen LogP contribution in [0.25, 0.3) is 0 Å². The molecule has 2 unspecified atom stereocenters. The SMILES string of the molecule is COc1ccc(C)cc1C(C)NC(=O)C1Cc2ccccc2CN1. The van der Waals surface area contributed by atoms with Crippen LogP contribution in [0.2, 0.25) is 0 Å². The number of carbonyl (C=O) groups is 1. The standard InChI is InChI=1S/C20H24N2O2/c1-13-8-9-19(24-3)17(10-13)14(2)22-20(23)18-11-15-6-4-5-7-16(15)12-21-18/h4-10,14,18,21H,11-12H2,1-3H3,(H,22,23). The first-order valence-electron chi connectivity index (χ1n) is 8.33. The van der Waals surface area contributed by atoms with Crippen LogP contribution in [0.4, 0.5) is 0 Å². The van der Waals surface area contributed by atoms with Crippen LogP contribution in [0.1, 0.15) is 35.2 Å². The normalized spacial score (nSPS) is 17.7. The van der Waals surface area contributed by atoms with Crippen LogP contribution in [-0.4, -0.2) is 19.1 Å². The molecule has 2 N–H and O–H groups in total. The number of benzene rings is 2. The minimum absolute atomic E-state index is 0.0283. The second kappa shape index (κ2) is 7.05. The first-order chi connectivity index (χ1) is 11.6. The Labute approximate surface area is 143 Å². The molecule has 0 saturated heterocycles. The van der Waals surface area contributed by atoms with Crippen LogP contribution >= 0.6 is 0 Å². The van der Waals surface area contributed by atoms with Gasteiger partial charge in [0.2, 0.25) is 5.91 Å². The highest BCUT2D eigenvalue weighted by atomic mass is 16.5. The van der Waals surface area contributed by atoms with E-state index in [-0.39, 0.29) is 18.0 Å². The van der Waals surface area contributed by atoms with Crippen LogP contribution in [0.5, 0.6) is 5.75 Å². The van der Waals surface area contributed by atoms with E-state index in [0.717, 1.165) is 29.8 Å². The van der Waals surface area contributed by atoms with Gasteiger partial charge in [-0.1, -0.05) is 42.0 Å². The second-order valence-corrected chi connectivity index (χ2v) is 6.38. The van der Waals surface area contributed by atoms with Gasteiger partial charge in [0.25, 0.3) is 0 Å². The molecular weight excluding hydrogens is 300 g/mol. The second-order valence-electron chi connectivity index (χ2n) is 6.38. The molecule has 1 aliphatic heterocycles. The lowest BCUT2D eigenvalue weighted by Gasteiger charge is -2.27. The number of carbonyl (C=O) groups excluding carboxylic acids is 1. The van der Waals surface area contributed by atoms with Gasteiger partial charge in [0.05, 0.1) is 19.2 Å². The Hall–Kier alpha value is -2.33. The molecule has 1 amide bonds. The van der Waals surface area contributed by atoms with Crippen molar-refractivity contribution in [3.8, 4) is 5.75 Å². The van der Waals surface area contributed by atoms with Gasteiger partial charge in [-0.25, -0.2) is 0 Å². The van der Waals surface area contributed by atoms with E-state index in [1.54, 1.807) is 7.11 Å². The molecule has 3 rings (SSSR count). The Bertz CT molecular complexity index is 742. The Morgan fingerprint density at radius 1 is 1.25 bits per heavy atom. The number of hydrogen-bond acceptors (Lipinski definition) is 3. The molecule has 2 aromatic rings. The molecule has 2 atom stereocenters. The van der Waals surface area contributed by atoms with E-state index in [4.69, 9.17) is 4.74 Å². The molecule has 0 saturated carbocycles. The lowest BCUT2D eigenvalue weighted by atomic mass is 9.95. The van der Waals surface area contributed by atoms with Gasteiger partial charge >= 0.3 is 0 Å². The number of aryl methyl sites for hydroxylation is 1. The van der Waals surface area contributed by atoms with E-state index in [1.165, 1.54) is 11.1 Å². The largest absolute Gasteiger partial charge is 0.496 e. The van der Waals surface area contributed by atoms with Crippen molar-refractivity contribution in [2.24, 2.45) is 0 Å². The summed E-state index contributed by atoms with van der Waals surface area (Å²) in [6.45, 7) is 4.76. The lowest BCUT2D eigenvalue weighted by molar-refractivity contribution is -0.124. The Morgan fingerprint density at radius 2 is 2.00 bits per heavy atom. The minimum atomic E-state index is -0.196. The first kappa shape index (κ1) is 16.5. The number of rotatable bonds is 4. The van der Waals surface area contributed by atoms with Crippen molar-refractivity contribution >= 4 is 5.91 Å². The zero-order chi connectivity index (χ0) is 17.1. The van der Waals surface area contributed by atoms with E-state index in [0.29, 0.717) is 0 Å². The number of methoxy groups -OCH3 is 1. The fourth-order valence-electron chi connectivity index (χ4n) is 3.22. The molecule has 2 aromatic carbocycles. The highest BCUT2D eigenvalue weighted by Gasteiger charge is 2.25. The number of ether oxygens (including phenoxy) is 1. The molecule has 126 valence electrons. The third kappa shape index (κ3) is 3.44. The summed E-state index contributed by atoms with van der Waals surface area (Å²) >= 11 is 0. The van der Waals surface area contributed by atoms with Crippen molar-refractivity contribution in [2.75, 3.05) is 7.11 Å². The van der Waals surface area contributed by atoms with Crippen molar-refractivity contribution in [1.82, 2.24) is 10.6 Å². The smallest absolute Gasteiger partial charge is 0.237 e. The van der Waals surface area contributed by atoms with Gasteiger partial charge in [0, 0.05) is 12.1 Å². The van der Waals surface area contributed by atoms with E-state index < -0.39 is 0 Å². The van der Waals surface area contributed by atoms with Gasteiger partial charge < -0.3 is 15.4 Å². The molecule has 0 aromatic heterocycles. The fourth-order valence-corrected chi connectivity index (χ4v) is 3.22. The highest BCUT2D eigenvalue weighted by molar-refractivity contribution is 5.83. The van der Waals surface area contributed by atoms with Gasteiger partial charge in [0.15, 0.2) is 0 Å². The number of fused-ring (bicyclic) bond motifs is 1. The average Bonchev–Trinajstić information content (AvgIpc) is 2.61. The Balaban J connectivity index is 1.70. The summed E-state index contributed by atoms with van der Waals surface area (Å²) in [5, 5.41) is 6.45. The molecule has 4 nitrogen and oxygen atoms in total. The maximum absolute atomic E-state index is 12.7. The minimum Gasteiger partial charge on any atom is -0.496 e. The van der Waals surface area contributed by atoms with Crippen molar-refractivity contribution in [1.29, 1.82) is 0 Å². The maximum Gasteiger partial charge on any atom is 0.237 e. The predicted octanol–water partition coefficient (Wildman–Crippen LogP) is 2.90. The summed E-state index contributed by atoms with van der Waals surface area (Å²) in [6.07, 6.45) is 0.722. The van der Waals surface area contributed by atoms with Gasteiger partial charge in [-0.3, -0.25) is 4.79 Å². The van der Waals surface area contributed by atoms with Crippen LogP contribution in [0, 0.1) is 6.92 Å². The zero-order valence-electron chi connectivity index (χ0n) is 14.4. The van der Waals surface area contributed by atoms with Crippen molar-refractivity contribution in [3.05, 3.63) is 64.7 Å². The highest BCUT2D eigenvalue weighted by Crippen LogP contribution is 2.26. The number of nitrogens with one attached hydrogen (secondary N) is 2. The molecule has 1 aliphatic rings. The van der Waals surface area contributed by atoms with Crippen molar-refractivity contribution < 1.29 is 9.53 Å². The van der Waals surface area contributed by atoms with Crippen LogP contribution < -0.4 is 15.4 Å². The quantitative estimate of drug-likeness (QED) is 0.909. The predicted molar refractivity (Wildman–Crippen MR) is 95.1 cm³/mol. The van der Waals surface area contributed by atoms with Gasteiger partial charge in [0.1, 0.15) is 5.75 Å². The van der Waals surface area contributed by atoms with Gasteiger partial charge in [-0.15, -0.1) is 0 Å². The third-order valence-corrected chi connectivity index (χ3v) is 4.61. The Kier molecular flexibility index (Phi) is 4.86. The molecule has 24 heavy (non-hydrogen) atoms.